The van der Waals surface area contributed by atoms with Gasteiger partial charge < -0.3 is 4.90 Å². The van der Waals surface area contributed by atoms with Crippen molar-refractivity contribution in [3.63, 3.8) is 0 Å². The molecule has 0 amide bonds. The van der Waals surface area contributed by atoms with Crippen molar-refractivity contribution in [3.8, 4) is 0 Å². The highest BCUT2D eigenvalue weighted by Gasteiger charge is 2.26. The van der Waals surface area contributed by atoms with Crippen LogP contribution < -0.4 is 4.90 Å². The molecule has 4 rings (SSSR count). The average Bonchev–Trinajstić information content (AvgIpc) is 3.27. The van der Waals surface area contributed by atoms with Crippen LogP contribution >= 0.6 is 0 Å². The van der Waals surface area contributed by atoms with Gasteiger partial charge in [-0.3, -0.25) is 0 Å². The molecule has 3 aromatic rings. The molecule has 0 saturated carbocycles. The van der Waals surface area contributed by atoms with Gasteiger partial charge in [-0.05, 0) is 19.8 Å². The quantitative estimate of drug-likeness (QED) is 0.711. The fourth-order valence-corrected chi connectivity index (χ4v) is 2.92. The van der Waals surface area contributed by atoms with E-state index in [2.05, 4.69) is 51.2 Å². The average molecular weight is 342 g/mol. The minimum Gasteiger partial charge on any atom is -0.355 e. The first kappa shape index (κ1) is 15.9. The molecule has 0 radical (unpaired) electrons. The predicted octanol–water partition coefficient (Wildman–Crippen LogP) is 1.86. The summed E-state index contributed by atoms with van der Waals surface area (Å²) in [5.41, 5.74) is 2.66. The largest absolute Gasteiger partial charge is 0.355 e. The van der Waals surface area contributed by atoms with Gasteiger partial charge in [0.15, 0.2) is 11.3 Å². The van der Waals surface area contributed by atoms with Crippen molar-refractivity contribution in [2.24, 2.45) is 0 Å². The van der Waals surface area contributed by atoms with E-state index in [1.807, 2.05) is 6.92 Å². The Morgan fingerprint density at radius 1 is 1.04 bits per heavy atom. The van der Waals surface area contributed by atoms with Gasteiger partial charge in [-0.15, -0.1) is 10.2 Å². The minimum atomic E-state index is -0.154. The second kappa shape index (κ2) is 5.75. The monoisotopic (exact) mass is 342 g/mol. The van der Waals surface area contributed by atoms with Crippen molar-refractivity contribution in [2.45, 2.75) is 52.5 Å². The molecule has 0 spiro atoms. The predicted molar refractivity (Wildman–Crippen MR) is 91.4 cm³/mol. The van der Waals surface area contributed by atoms with Gasteiger partial charge in [0.25, 0.3) is 0 Å². The SMILES string of the molecule is Cc1nonc1Cn1nc2nc(C(C)(C)C)nc(N3CCCC3)c2n1. The highest BCUT2D eigenvalue weighted by atomic mass is 16.6. The highest BCUT2D eigenvalue weighted by Crippen LogP contribution is 2.28. The Labute approximate surface area is 145 Å². The molecule has 0 N–H and O–H groups in total. The van der Waals surface area contributed by atoms with E-state index in [1.165, 1.54) is 12.8 Å². The van der Waals surface area contributed by atoms with Crippen molar-refractivity contribution in [1.82, 2.24) is 35.3 Å². The number of nitrogens with zero attached hydrogens (tertiary/aromatic N) is 8. The zero-order valence-corrected chi connectivity index (χ0v) is 15.0. The van der Waals surface area contributed by atoms with E-state index in [-0.39, 0.29) is 5.41 Å². The van der Waals surface area contributed by atoms with E-state index in [1.54, 1.807) is 4.80 Å². The fraction of sp³-hybridized carbons (Fsp3) is 0.625. The number of aromatic nitrogens is 7. The van der Waals surface area contributed by atoms with E-state index in [4.69, 9.17) is 9.61 Å². The van der Waals surface area contributed by atoms with Gasteiger partial charge in [0, 0.05) is 18.5 Å². The van der Waals surface area contributed by atoms with E-state index >= 15 is 0 Å². The molecular formula is C16H22N8O. The normalized spacial score (nSPS) is 15.4. The third-order valence-electron chi connectivity index (χ3n) is 4.39. The Morgan fingerprint density at radius 3 is 2.44 bits per heavy atom. The molecule has 9 nitrogen and oxygen atoms in total. The molecule has 0 unspecified atom stereocenters. The summed E-state index contributed by atoms with van der Waals surface area (Å²) >= 11 is 0. The van der Waals surface area contributed by atoms with Crippen molar-refractivity contribution >= 4 is 17.0 Å². The van der Waals surface area contributed by atoms with Crippen LogP contribution in [0, 0.1) is 6.92 Å². The fourth-order valence-electron chi connectivity index (χ4n) is 2.92. The number of aryl methyl sites for hydroxylation is 1. The van der Waals surface area contributed by atoms with Gasteiger partial charge in [0.05, 0.1) is 0 Å². The summed E-state index contributed by atoms with van der Waals surface area (Å²) < 4.78 is 4.76. The first-order chi connectivity index (χ1) is 11.9. The smallest absolute Gasteiger partial charge is 0.207 e. The van der Waals surface area contributed by atoms with Gasteiger partial charge in [-0.2, -0.15) is 4.80 Å². The lowest BCUT2D eigenvalue weighted by molar-refractivity contribution is 0.299. The number of anilines is 1. The summed E-state index contributed by atoms with van der Waals surface area (Å²) in [6, 6.07) is 0. The van der Waals surface area contributed by atoms with E-state index in [9.17, 15) is 0 Å². The molecule has 1 fully saturated rings. The lowest BCUT2D eigenvalue weighted by Gasteiger charge is -2.21. The Kier molecular flexibility index (Phi) is 3.66. The van der Waals surface area contributed by atoms with Crippen LogP contribution in [-0.2, 0) is 12.0 Å². The molecule has 1 aliphatic heterocycles. The lowest BCUT2D eigenvalue weighted by Crippen LogP contribution is -2.23. The van der Waals surface area contributed by atoms with Crippen molar-refractivity contribution in [2.75, 3.05) is 18.0 Å². The van der Waals surface area contributed by atoms with Crippen molar-refractivity contribution in [1.29, 1.82) is 0 Å². The molecule has 9 heteroatoms. The van der Waals surface area contributed by atoms with Gasteiger partial charge >= 0.3 is 0 Å². The summed E-state index contributed by atoms with van der Waals surface area (Å²) in [4.78, 5) is 13.4. The second-order valence-electron chi connectivity index (χ2n) is 7.51. The van der Waals surface area contributed by atoms with Crippen LogP contribution in [0.15, 0.2) is 4.63 Å². The van der Waals surface area contributed by atoms with E-state index in [0.29, 0.717) is 17.9 Å². The van der Waals surface area contributed by atoms with Crippen molar-refractivity contribution in [3.05, 3.63) is 17.2 Å². The molecule has 25 heavy (non-hydrogen) atoms. The Balaban J connectivity index is 1.81. The number of hydrogen-bond acceptors (Lipinski definition) is 8. The van der Waals surface area contributed by atoms with Gasteiger partial charge in [0.1, 0.15) is 23.8 Å². The third-order valence-corrected chi connectivity index (χ3v) is 4.39. The Morgan fingerprint density at radius 2 is 1.80 bits per heavy atom. The van der Waals surface area contributed by atoms with Crippen LogP contribution in [0.4, 0.5) is 5.82 Å². The van der Waals surface area contributed by atoms with Crippen LogP contribution in [0.2, 0.25) is 0 Å². The molecule has 0 aromatic carbocycles. The molecule has 1 saturated heterocycles. The number of rotatable bonds is 3. The summed E-state index contributed by atoms with van der Waals surface area (Å²) in [6.45, 7) is 10.6. The maximum atomic E-state index is 4.83. The molecule has 132 valence electrons. The molecule has 3 aromatic heterocycles. The molecule has 1 aliphatic rings. The molecule has 0 aliphatic carbocycles. The maximum Gasteiger partial charge on any atom is 0.207 e. The number of hydrogen-bond donors (Lipinski definition) is 0. The molecule has 0 bridgehead atoms. The topological polar surface area (TPSA) is 98.6 Å². The van der Waals surface area contributed by atoms with Crippen LogP contribution in [0.5, 0.6) is 0 Å². The third kappa shape index (κ3) is 2.94. The van der Waals surface area contributed by atoms with Gasteiger partial charge in [0.2, 0.25) is 5.65 Å². The van der Waals surface area contributed by atoms with Crippen LogP contribution in [0.3, 0.4) is 0 Å². The zero-order valence-electron chi connectivity index (χ0n) is 15.0. The Bertz CT molecular complexity index is 901. The minimum absolute atomic E-state index is 0.154. The first-order valence-corrected chi connectivity index (χ1v) is 8.58. The molecule has 4 heterocycles. The number of fused-ring (bicyclic) bond motifs is 1. The lowest BCUT2D eigenvalue weighted by atomic mass is 9.96. The summed E-state index contributed by atoms with van der Waals surface area (Å²) in [5.74, 6) is 1.67. The first-order valence-electron chi connectivity index (χ1n) is 8.58. The summed E-state index contributed by atoms with van der Waals surface area (Å²) in [6.07, 6.45) is 2.35. The van der Waals surface area contributed by atoms with E-state index < -0.39 is 0 Å². The highest BCUT2D eigenvalue weighted by molar-refractivity contribution is 5.82. The molecule has 0 atom stereocenters. The standard InChI is InChI=1S/C16H22N8O/c1-10-11(22-25-21-10)9-24-19-12-13(20-24)17-15(16(2,3)4)18-14(12)23-7-5-6-8-23/h5-9H2,1-4H3. The molecular weight excluding hydrogens is 320 g/mol. The maximum absolute atomic E-state index is 4.83. The van der Waals surface area contributed by atoms with Crippen LogP contribution in [0.1, 0.15) is 50.8 Å². The van der Waals surface area contributed by atoms with Crippen LogP contribution in [0.25, 0.3) is 11.2 Å². The van der Waals surface area contributed by atoms with Crippen LogP contribution in [-0.4, -0.2) is 48.4 Å². The van der Waals surface area contributed by atoms with Gasteiger partial charge in [-0.25, -0.2) is 14.6 Å². The summed E-state index contributed by atoms with van der Waals surface area (Å²) in [7, 11) is 0. The van der Waals surface area contributed by atoms with E-state index in [0.717, 1.165) is 35.9 Å². The second-order valence-corrected chi connectivity index (χ2v) is 7.51. The Hall–Kier alpha value is -2.58. The zero-order chi connectivity index (χ0) is 17.6. The van der Waals surface area contributed by atoms with Gasteiger partial charge in [-0.1, -0.05) is 31.1 Å². The summed E-state index contributed by atoms with van der Waals surface area (Å²) in [5, 5.41) is 16.9. The van der Waals surface area contributed by atoms with Crippen molar-refractivity contribution < 1.29 is 4.63 Å².